The van der Waals surface area contributed by atoms with E-state index in [1.54, 1.807) is 0 Å². The maximum Gasteiger partial charge on any atom is 0.187 e. The van der Waals surface area contributed by atoms with Gasteiger partial charge in [0.15, 0.2) is 44.0 Å². The van der Waals surface area contributed by atoms with Crippen LogP contribution in [0, 0.1) is 0 Å². The zero-order valence-corrected chi connectivity index (χ0v) is 37.4. The quantitative estimate of drug-likeness (QED) is 0.0904. The second-order valence-corrected chi connectivity index (χ2v) is 17.9. The molecule has 0 radical (unpaired) electrons. The van der Waals surface area contributed by atoms with Crippen molar-refractivity contribution in [2.45, 2.75) is 197 Å². The summed E-state index contributed by atoms with van der Waals surface area (Å²) in [6.45, 7) is -6.82. The maximum absolute atomic E-state index is 11.7. The molecular formula is C39H66O32. The zero-order valence-electron chi connectivity index (χ0n) is 37.4. The summed E-state index contributed by atoms with van der Waals surface area (Å²) in [4.78, 5) is 0. The molecule has 0 spiro atoms. The molecule has 0 saturated carbocycles. The lowest BCUT2D eigenvalue weighted by Crippen LogP contribution is -2.69. The van der Waals surface area contributed by atoms with Gasteiger partial charge in [0.2, 0.25) is 0 Å². The third kappa shape index (κ3) is 11.7. The van der Waals surface area contributed by atoms with Gasteiger partial charge in [0.1, 0.15) is 146 Å². The van der Waals surface area contributed by atoms with Crippen LogP contribution in [0.25, 0.3) is 0 Å². The van der Waals surface area contributed by atoms with Gasteiger partial charge in [0.25, 0.3) is 0 Å². The largest absolute Gasteiger partial charge is 0.396 e. The molecule has 22 saturated heterocycles. The van der Waals surface area contributed by atoms with Gasteiger partial charge in [-0.1, -0.05) is 0 Å². The third-order valence-electron chi connectivity index (χ3n) is 13.3. The molecule has 0 aromatic carbocycles. The molecule has 0 aliphatic carbocycles. The van der Waals surface area contributed by atoms with Crippen LogP contribution in [0.15, 0.2) is 0 Å². The van der Waals surface area contributed by atoms with E-state index in [0.29, 0.717) is 0 Å². The number of aliphatic hydroxyl groups excluding tert-OH is 19. The summed E-state index contributed by atoms with van der Waals surface area (Å²) in [5, 5.41) is 207. The molecule has 31 atom stereocenters. The predicted molar refractivity (Wildman–Crippen MR) is 212 cm³/mol. The Morgan fingerprint density at radius 1 is 0.282 bits per heavy atom. The Labute approximate surface area is 401 Å². The molecule has 414 valence electrons. The van der Waals surface area contributed by atoms with Crippen LogP contribution in [0.4, 0.5) is 0 Å². The highest BCUT2D eigenvalue weighted by Crippen LogP contribution is 2.38. The zero-order chi connectivity index (χ0) is 51.7. The molecule has 19 N–H and O–H groups in total. The van der Waals surface area contributed by atoms with Crippen molar-refractivity contribution in [3.63, 3.8) is 0 Å². The summed E-state index contributed by atoms with van der Waals surface area (Å²) in [7, 11) is 0. The minimum atomic E-state index is -2.20. The lowest BCUT2D eigenvalue weighted by molar-refractivity contribution is -0.407. The van der Waals surface area contributed by atoms with Gasteiger partial charge in [-0.2, -0.15) is 0 Å². The topological polar surface area (TPSA) is 504 Å². The first-order chi connectivity index (χ1) is 33.9. The first-order valence-corrected chi connectivity index (χ1v) is 22.8. The molecule has 32 heteroatoms. The standard InChI is InChI=1S/C39H66O32/c40-2-1-15(47)65-33-26(58)39-64-14(8-46)32(33)71-38-25(57)20(52)30(12(6-44)63-38)69-36-23(55)18(50)28(10(4-42)61-36)67-34-21(53)16(48)27(9(3-41)59-34)66-35-22(54)17(49)29(11(5-43)60-35)68-37-24(56)19(51)31(70-39)13(7-45)62-37/h9-58H,1-8H2/t9-,10-,11-,12-,13-,14-,15?,16-,17-,18-,19-,20-,21-,22-,23-,24-,25-,26-,27-,28-,29-,30-,31-,32+,33-,34-,35-,36-,37-,38-,39-/m1/s1. The fourth-order valence-corrected chi connectivity index (χ4v) is 9.43. The van der Waals surface area contributed by atoms with E-state index in [1.165, 1.54) is 0 Å². The normalized spacial score (nSPS) is 52.8. The maximum atomic E-state index is 11.7. The SMILES string of the molecule is OCCC(O)O[C@@H]1[C@@H](O)[C@H]2O[C@H]3[C@H](O)[C@@H](O)[C@@H](O[C@H]4[C@H](O)[C@@H](O)[C@@H](O[C@H]5[C@H](O)[C@@H](O)[C@@H](O[C@H]6[C@H](O)[C@@H](O)[C@@H](O[C@H]7[C@H](O)[C@@H](O)[C@@H](O[C@H]1[C@@H](CO)O2)O[C@@H]7CO)O[C@@H]6CO)O[C@@H]5CO)O[C@@H]4CO)O[C@@H]3CO. The van der Waals surface area contributed by atoms with Crippen LogP contribution in [0.5, 0.6) is 0 Å². The minimum absolute atomic E-state index is 0.477. The number of rotatable bonds is 10. The second-order valence-electron chi connectivity index (χ2n) is 17.9. The van der Waals surface area contributed by atoms with Crippen molar-refractivity contribution in [3.05, 3.63) is 0 Å². The van der Waals surface area contributed by atoms with Crippen LogP contribution >= 0.6 is 0 Å². The molecule has 22 heterocycles. The molecule has 0 aromatic rings. The Kier molecular flexibility index (Phi) is 20.1. The van der Waals surface area contributed by atoms with Crippen LogP contribution < -0.4 is 0 Å². The van der Waals surface area contributed by atoms with Crippen molar-refractivity contribution in [1.29, 1.82) is 0 Å². The van der Waals surface area contributed by atoms with E-state index >= 15 is 0 Å². The predicted octanol–water partition coefficient (Wildman–Crippen LogP) is -13.3. The fraction of sp³-hybridized carbons (Fsp3) is 1.00. The molecule has 0 amide bonds. The average Bonchev–Trinajstić information content (AvgIpc) is 3.36. The summed E-state index contributed by atoms with van der Waals surface area (Å²) in [5.74, 6) is 0. The van der Waals surface area contributed by atoms with Gasteiger partial charge < -0.3 is 159 Å². The molecule has 32 nitrogen and oxygen atoms in total. The molecule has 22 fully saturated rings. The molecule has 1 unspecified atom stereocenters. The summed E-state index contributed by atoms with van der Waals surface area (Å²) in [5.41, 5.74) is 0. The van der Waals surface area contributed by atoms with Gasteiger partial charge in [-0.3, -0.25) is 0 Å². The van der Waals surface area contributed by atoms with E-state index in [0.717, 1.165) is 0 Å². The summed E-state index contributed by atoms with van der Waals surface area (Å²) in [6, 6.07) is 0. The highest BCUT2D eigenvalue weighted by atomic mass is 16.8. The highest BCUT2D eigenvalue weighted by molar-refractivity contribution is 5.01. The molecule has 22 rings (SSSR count). The smallest absolute Gasteiger partial charge is 0.187 e. The lowest BCUT2D eigenvalue weighted by atomic mass is 9.94. The lowest BCUT2D eigenvalue weighted by Gasteiger charge is -2.51. The van der Waals surface area contributed by atoms with Gasteiger partial charge >= 0.3 is 0 Å². The van der Waals surface area contributed by atoms with Gasteiger partial charge in [-0.05, 0) is 0 Å². The molecule has 12 bridgehead atoms. The molecular weight excluding hydrogens is 980 g/mol. The van der Waals surface area contributed by atoms with Gasteiger partial charge in [-0.25, -0.2) is 0 Å². The Morgan fingerprint density at radius 3 is 0.718 bits per heavy atom. The van der Waals surface area contributed by atoms with Gasteiger partial charge in [0.05, 0.1) is 39.6 Å². The van der Waals surface area contributed by atoms with Crippen LogP contribution in [0.3, 0.4) is 0 Å². The number of ether oxygens (including phenoxy) is 13. The minimum Gasteiger partial charge on any atom is -0.396 e. The number of hydrogen-bond donors (Lipinski definition) is 19. The van der Waals surface area contributed by atoms with Crippen molar-refractivity contribution in [2.24, 2.45) is 0 Å². The molecule has 71 heavy (non-hydrogen) atoms. The summed E-state index contributed by atoms with van der Waals surface area (Å²) < 4.78 is 74.3. The fourth-order valence-electron chi connectivity index (χ4n) is 9.43. The van der Waals surface area contributed by atoms with E-state index in [1.807, 2.05) is 0 Å². The number of aliphatic hydroxyl groups is 19. The second kappa shape index (κ2) is 24.8. The van der Waals surface area contributed by atoms with E-state index in [-0.39, 0.29) is 0 Å². The Bertz CT molecular complexity index is 1610. The summed E-state index contributed by atoms with van der Waals surface area (Å²) in [6.07, 6.45) is -61.6. The van der Waals surface area contributed by atoms with Crippen LogP contribution in [0.1, 0.15) is 6.42 Å². The molecule has 22 aliphatic heterocycles. The van der Waals surface area contributed by atoms with Crippen LogP contribution in [-0.4, -0.2) is 334 Å². The van der Waals surface area contributed by atoms with E-state index in [9.17, 15) is 97.0 Å². The molecule has 22 aliphatic rings. The number of hydrogen-bond acceptors (Lipinski definition) is 32. The first-order valence-electron chi connectivity index (χ1n) is 22.8. The summed E-state index contributed by atoms with van der Waals surface area (Å²) >= 11 is 0. The van der Waals surface area contributed by atoms with E-state index in [4.69, 9.17) is 61.6 Å². The Hall–Kier alpha value is -1.28. The van der Waals surface area contributed by atoms with Crippen molar-refractivity contribution < 1.29 is 159 Å². The van der Waals surface area contributed by atoms with Crippen molar-refractivity contribution >= 4 is 0 Å². The Morgan fingerprint density at radius 2 is 0.493 bits per heavy atom. The first kappa shape index (κ1) is 57.4. The van der Waals surface area contributed by atoms with Crippen molar-refractivity contribution in [1.82, 2.24) is 0 Å². The highest BCUT2D eigenvalue weighted by Gasteiger charge is 2.59. The van der Waals surface area contributed by atoms with Crippen molar-refractivity contribution in [2.75, 3.05) is 46.2 Å². The monoisotopic (exact) mass is 1050 g/mol. The van der Waals surface area contributed by atoms with Gasteiger partial charge in [-0.15, -0.1) is 0 Å². The third-order valence-corrected chi connectivity index (χ3v) is 13.3. The molecule has 0 aromatic heterocycles. The average molecular weight is 1050 g/mol. The van der Waals surface area contributed by atoms with Crippen molar-refractivity contribution in [3.8, 4) is 0 Å². The van der Waals surface area contributed by atoms with Gasteiger partial charge in [0, 0.05) is 13.0 Å². The van der Waals surface area contributed by atoms with Crippen LogP contribution in [0.2, 0.25) is 0 Å². The van der Waals surface area contributed by atoms with E-state index in [2.05, 4.69) is 0 Å². The Balaban J connectivity index is 1.22. The van der Waals surface area contributed by atoms with E-state index < -0.39 is 243 Å². The van der Waals surface area contributed by atoms with Crippen LogP contribution in [-0.2, 0) is 61.6 Å².